The van der Waals surface area contributed by atoms with Crippen molar-refractivity contribution in [3.8, 4) is 5.75 Å². The van der Waals surface area contributed by atoms with Crippen LogP contribution in [0.4, 0.5) is 0 Å². The fourth-order valence-corrected chi connectivity index (χ4v) is 4.60. The maximum Gasteiger partial charge on any atom is 0.337 e. The Morgan fingerprint density at radius 2 is 1.91 bits per heavy atom. The Labute approximate surface area is 195 Å². The standard InChI is InChI=1S/C26H33NO6/c1-7-15(4)33-26(30)21-16(5)27-18-13-14(3)20(25(29)31-6)24(28)23(18)22(21)17-11-9-10-12-19(17)32-8-2/h9-12,14-15,20,22,27H,7-8,13H2,1-6H3. The van der Waals surface area contributed by atoms with Crippen molar-refractivity contribution in [2.45, 2.75) is 59.5 Å². The number of esters is 2. The van der Waals surface area contributed by atoms with Crippen LogP contribution in [-0.2, 0) is 23.9 Å². The lowest BCUT2D eigenvalue weighted by molar-refractivity contribution is -0.151. The first-order chi connectivity index (χ1) is 15.7. The fraction of sp³-hybridized carbons (Fsp3) is 0.500. The number of hydrogen-bond acceptors (Lipinski definition) is 7. The molecule has 33 heavy (non-hydrogen) atoms. The molecule has 1 aromatic rings. The van der Waals surface area contributed by atoms with Crippen LogP contribution in [0.15, 0.2) is 46.8 Å². The van der Waals surface area contributed by atoms with Gasteiger partial charge in [0.1, 0.15) is 11.7 Å². The van der Waals surface area contributed by atoms with E-state index in [1.165, 1.54) is 7.11 Å². The molecule has 0 fully saturated rings. The molecule has 178 valence electrons. The van der Waals surface area contributed by atoms with E-state index in [-0.39, 0.29) is 17.8 Å². The number of hydrogen-bond donors (Lipinski definition) is 1. The van der Waals surface area contributed by atoms with Crippen LogP contribution < -0.4 is 10.1 Å². The molecule has 1 N–H and O–H groups in total. The second-order valence-electron chi connectivity index (χ2n) is 8.63. The second-order valence-corrected chi connectivity index (χ2v) is 8.63. The molecule has 0 aromatic heterocycles. The largest absolute Gasteiger partial charge is 0.494 e. The zero-order valence-corrected chi connectivity index (χ0v) is 20.2. The summed E-state index contributed by atoms with van der Waals surface area (Å²) in [4.78, 5) is 39.6. The smallest absolute Gasteiger partial charge is 0.337 e. The number of carbonyl (C=O) groups is 3. The lowest BCUT2D eigenvalue weighted by atomic mass is 9.69. The summed E-state index contributed by atoms with van der Waals surface area (Å²) in [7, 11) is 1.28. The molecule has 0 bridgehead atoms. The Morgan fingerprint density at radius 1 is 1.21 bits per heavy atom. The average Bonchev–Trinajstić information content (AvgIpc) is 2.78. The number of benzene rings is 1. The predicted octanol–water partition coefficient (Wildman–Crippen LogP) is 4.04. The summed E-state index contributed by atoms with van der Waals surface area (Å²) in [6.07, 6.45) is 0.875. The molecule has 0 spiro atoms. The van der Waals surface area contributed by atoms with Gasteiger partial charge >= 0.3 is 11.9 Å². The van der Waals surface area contributed by atoms with E-state index in [0.717, 1.165) is 5.70 Å². The summed E-state index contributed by atoms with van der Waals surface area (Å²) in [5, 5.41) is 3.27. The second kappa shape index (κ2) is 10.2. The Kier molecular flexibility index (Phi) is 7.61. The van der Waals surface area contributed by atoms with E-state index in [9.17, 15) is 14.4 Å². The monoisotopic (exact) mass is 455 g/mol. The van der Waals surface area contributed by atoms with Gasteiger partial charge < -0.3 is 19.5 Å². The Morgan fingerprint density at radius 3 is 2.55 bits per heavy atom. The molecule has 4 unspecified atom stereocenters. The molecule has 1 aromatic carbocycles. The third kappa shape index (κ3) is 4.68. The van der Waals surface area contributed by atoms with E-state index in [2.05, 4.69) is 5.32 Å². The molecule has 4 atom stereocenters. The molecule has 7 heteroatoms. The van der Waals surface area contributed by atoms with Gasteiger partial charge in [-0.1, -0.05) is 32.0 Å². The highest BCUT2D eigenvalue weighted by molar-refractivity contribution is 6.12. The van der Waals surface area contributed by atoms with Gasteiger partial charge in [0.2, 0.25) is 0 Å². The average molecular weight is 456 g/mol. The van der Waals surface area contributed by atoms with Crippen LogP contribution in [0.5, 0.6) is 5.75 Å². The number of para-hydroxylation sites is 1. The third-order valence-corrected chi connectivity index (χ3v) is 6.38. The van der Waals surface area contributed by atoms with Crippen LogP contribution in [0.3, 0.4) is 0 Å². The minimum Gasteiger partial charge on any atom is -0.494 e. The van der Waals surface area contributed by atoms with Crippen LogP contribution in [0.25, 0.3) is 0 Å². The predicted molar refractivity (Wildman–Crippen MR) is 123 cm³/mol. The molecule has 0 saturated carbocycles. The highest BCUT2D eigenvalue weighted by Gasteiger charge is 2.47. The zero-order chi connectivity index (χ0) is 24.3. The van der Waals surface area contributed by atoms with E-state index in [0.29, 0.717) is 47.6 Å². The normalized spacial score (nSPS) is 23.5. The van der Waals surface area contributed by atoms with Crippen molar-refractivity contribution in [3.05, 3.63) is 52.4 Å². The van der Waals surface area contributed by atoms with Gasteiger partial charge in [0.15, 0.2) is 5.78 Å². The minimum absolute atomic E-state index is 0.236. The molecule has 3 rings (SSSR count). The van der Waals surface area contributed by atoms with Gasteiger partial charge in [0.05, 0.1) is 31.3 Å². The van der Waals surface area contributed by atoms with Crippen molar-refractivity contribution in [1.29, 1.82) is 0 Å². The summed E-state index contributed by atoms with van der Waals surface area (Å²) in [6, 6.07) is 7.37. The van der Waals surface area contributed by atoms with Gasteiger partial charge in [0.25, 0.3) is 0 Å². The van der Waals surface area contributed by atoms with Crippen molar-refractivity contribution < 1.29 is 28.6 Å². The van der Waals surface area contributed by atoms with Crippen LogP contribution in [0.2, 0.25) is 0 Å². The Bertz CT molecular complexity index is 1010. The Hall–Kier alpha value is -3.09. The van der Waals surface area contributed by atoms with Crippen LogP contribution in [0.1, 0.15) is 58.9 Å². The molecular formula is C26H33NO6. The first-order valence-corrected chi connectivity index (χ1v) is 11.5. The van der Waals surface area contributed by atoms with E-state index < -0.39 is 23.8 Å². The highest BCUT2D eigenvalue weighted by Crippen LogP contribution is 2.47. The van der Waals surface area contributed by atoms with Crippen molar-refractivity contribution >= 4 is 17.7 Å². The number of dihydropyridines is 1. The van der Waals surface area contributed by atoms with Crippen LogP contribution >= 0.6 is 0 Å². The van der Waals surface area contributed by atoms with E-state index in [4.69, 9.17) is 14.2 Å². The summed E-state index contributed by atoms with van der Waals surface area (Å²) >= 11 is 0. The van der Waals surface area contributed by atoms with Gasteiger partial charge in [-0.25, -0.2) is 4.79 Å². The first-order valence-electron chi connectivity index (χ1n) is 11.5. The van der Waals surface area contributed by atoms with Gasteiger partial charge in [0, 0.05) is 22.5 Å². The van der Waals surface area contributed by atoms with E-state index >= 15 is 0 Å². The summed E-state index contributed by atoms with van der Waals surface area (Å²) in [5.74, 6) is -2.68. The van der Waals surface area contributed by atoms with E-state index in [1.54, 1.807) is 0 Å². The maximum atomic E-state index is 13.8. The molecule has 7 nitrogen and oxygen atoms in total. The van der Waals surface area contributed by atoms with Crippen LogP contribution in [-0.4, -0.2) is 37.5 Å². The molecule has 1 aliphatic heterocycles. The number of methoxy groups -OCH3 is 1. The Balaban J connectivity index is 2.21. The zero-order valence-electron chi connectivity index (χ0n) is 20.2. The van der Waals surface area contributed by atoms with Crippen molar-refractivity contribution in [3.63, 3.8) is 0 Å². The quantitative estimate of drug-likeness (QED) is 0.490. The number of allylic oxidation sites excluding steroid dienone is 3. The highest BCUT2D eigenvalue weighted by atomic mass is 16.5. The van der Waals surface area contributed by atoms with Gasteiger partial charge in [-0.2, -0.15) is 0 Å². The minimum atomic E-state index is -0.928. The van der Waals surface area contributed by atoms with Gasteiger partial charge in [-0.3, -0.25) is 9.59 Å². The lowest BCUT2D eigenvalue weighted by Gasteiger charge is -2.38. The molecule has 0 radical (unpaired) electrons. The number of carbonyl (C=O) groups excluding carboxylic acids is 3. The number of ketones is 1. The number of ether oxygens (including phenoxy) is 3. The number of rotatable bonds is 7. The van der Waals surface area contributed by atoms with Crippen molar-refractivity contribution in [2.24, 2.45) is 11.8 Å². The molecular weight excluding hydrogens is 422 g/mol. The molecule has 0 saturated heterocycles. The van der Waals surface area contributed by atoms with Gasteiger partial charge in [-0.05, 0) is 45.6 Å². The molecule has 1 aliphatic carbocycles. The molecule has 2 aliphatic rings. The summed E-state index contributed by atoms with van der Waals surface area (Å²) in [6.45, 7) is 9.75. The molecule has 0 amide bonds. The number of nitrogens with one attached hydrogen (secondary N) is 1. The molecule has 1 heterocycles. The fourth-order valence-electron chi connectivity index (χ4n) is 4.60. The summed E-state index contributed by atoms with van der Waals surface area (Å²) in [5.41, 5.74) is 2.80. The van der Waals surface area contributed by atoms with Crippen molar-refractivity contribution in [1.82, 2.24) is 5.32 Å². The first kappa shape index (κ1) is 24.6. The van der Waals surface area contributed by atoms with E-state index in [1.807, 2.05) is 58.9 Å². The van der Waals surface area contributed by atoms with Crippen molar-refractivity contribution in [2.75, 3.05) is 13.7 Å². The topological polar surface area (TPSA) is 90.9 Å². The third-order valence-electron chi connectivity index (χ3n) is 6.38. The number of Topliss-reactive ketones (excluding diaryl/α,β-unsaturated/α-hetero) is 1. The SMILES string of the molecule is CCOc1ccccc1C1C(C(=O)OC(C)CC)=C(C)NC2=C1C(=O)C(C(=O)OC)C(C)C2. The van der Waals surface area contributed by atoms with Gasteiger partial charge in [-0.15, -0.1) is 0 Å². The lowest BCUT2D eigenvalue weighted by Crippen LogP contribution is -2.43. The maximum absolute atomic E-state index is 13.8. The van der Waals surface area contributed by atoms with Crippen LogP contribution in [0, 0.1) is 11.8 Å². The summed E-state index contributed by atoms with van der Waals surface area (Å²) < 4.78 is 16.5.